The SMILES string of the molecule is Cc1ccc(CC(N)Cc2ccc3ccccc3n2)cc1. The Bertz CT molecular complexity index is 732. The number of pyridine rings is 1. The summed E-state index contributed by atoms with van der Waals surface area (Å²) in [7, 11) is 0. The summed E-state index contributed by atoms with van der Waals surface area (Å²) >= 11 is 0. The molecule has 21 heavy (non-hydrogen) atoms. The average molecular weight is 276 g/mol. The van der Waals surface area contributed by atoms with E-state index in [0.717, 1.165) is 24.1 Å². The van der Waals surface area contributed by atoms with E-state index in [1.54, 1.807) is 0 Å². The Morgan fingerprint density at radius 1 is 0.905 bits per heavy atom. The minimum atomic E-state index is 0.0985. The van der Waals surface area contributed by atoms with E-state index in [9.17, 15) is 0 Å². The smallest absolute Gasteiger partial charge is 0.0705 e. The largest absolute Gasteiger partial charge is 0.327 e. The third-order valence-corrected chi connectivity index (χ3v) is 3.75. The number of nitrogens with two attached hydrogens (primary N) is 1. The Kier molecular flexibility index (Phi) is 3.98. The summed E-state index contributed by atoms with van der Waals surface area (Å²) in [5.74, 6) is 0. The van der Waals surface area contributed by atoms with Gasteiger partial charge in [-0.15, -0.1) is 0 Å². The van der Waals surface area contributed by atoms with Crippen molar-refractivity contribution in [2.45, 2.75) is 25.8 Å². The van der Waals surface area contributed by atoms with Crippen molar-refractivity contribution in [3.63, 3.8) is 0 Å². The molecule has 0 amide bonds. The lowest BCUT2D eigenvalue weighted by Crippen LogP contribution is -2.25. The maximum Gasteiger partial charge on any atom is 0.0705 e. The van der Waals surface area contributed by atoms with Crippen LogP contribution in [0, 0.1) is 6.92 Å². The second-order valence-corrected chi connectivity index (χ2v) is 5.65. The molecule has 3 rings (SSSR count). The van der Waals surface area contributed by atoms with Gasteiger partial charge in [0.2, 0.25) is 0 Å². The molecule has 0 fully saturated rings. The molecule has 2 N–H and O–H groups in total. The topological polar surface area (TPSA) is 38.9 Å². The normalized spacial score (nSPS) is 12.5. The van der Waals surface area contributed by atoms with Gasteiger partial charge in [0, 0.05) is 23.5 Å². The van der Waals surface area contributed by atoms with Crippen LogP contribution in [0.5, 0.6) is 0 Å². The first kappa shape index (κ1) is 13.8. The summed E-state index contributed by atoms with van der Waals surface area (Å²) in [6.07, 6.45) is 1.69. The third-order valence-electron chi connectivity index (χ3n) is 3.75. The van der Waals surface area contributed by atoms with Crippen molar-refractivity contribution in [3.05, 3.63) is 77.5 Å². The van der Waals surface area contributed by atoms with Crippen LogP contribution in [-0.4, -0.2) is 11.0 Å². The summed E-state index contributed by atoms with van der Waals surface area (Å²) in [6.45, 7) is 2.10. The van der Waals surface area contributed by atoms with E-state index in [-0.39, 0.29) is 6.04 Å². The predicted molar refractivity (Wildman–Crippen MR) is 88.3 cm³/mol. The molecular formula is C19H20N2. The summed E-state index contributed by atoms with van der Waals surface area (Å²) in [4.78, 5) is 4.69. The highest BCUT2D eigenvalue weighted by molar-refractivity contribution is 5.78. The first-order valence-corrected chi connectivity index (χ1v) is 7.36. The monoisotopic (exact) mass is 276 g/mol. The lowest BCUT2D eigenvalue weighted by molar-refractivity contribution is 0.655. The van der Waals surface area contributed by atoms with Crippen LogP contribution in [0.25, 0.3) is 10.9 Å². The predicted octanol–water partition coefficient (Wildman–Crippen LogP) is 3.66. The van der Waals surface area contributed by atoms with Crippen molar-refractivity contribution in [1.29, 1.82) is 0 Å². The van der Waals surface area contributed by atoms with Gasteiger partial charge in [0.1, 0.15) is 0 Å². The van der Waals surface area contributed by atoms with Crippen molar-refractivity contribution < 1.29 is 0 Å². The van der Waals surface area contributed by atoms with Gasteiger partial charge in [0.05, 0.1) is 5.52 Å². The standard InChI is InChI=1S/C19H20N2/c1-14-6-8-15(9-7-14)12-17(20)13-18-11-10-16-4-2-3-5-19(16)21-18/h2-11,17H,12-13,20H2,1H3. The number of rotatable bonds is 4. The van der Waals surface area contributed by atoms with E-state index in [1.165, 1.54) is 16.5 Å². The van der Waals surface area contributed by atoms with Crippen molar-refractivity contribution in [2.75, 3.05) is 0 Å². The zero-order chi connectivity index (χ0) is 14.7. The molecule has 2 nitrogen and oxygen atoms in total. The highest BCUT2D eigenvalue weighted by atomic mass is 14.7. The van der Waals surface area contributed by atoms with Crippen molar-refractivity contribution in [2.24, 2.45) is 5.73 Å². The van der Waals surface area contributed by atoms with Gasteiger partial charge in [-0.3, -0.25) is 4.98 Å². The Morgan fingerprint density at radius 3 is 2.48 bits per heavy atom. The van der Waals surface area contributed by atoms with E-state index >= 15 is 0 Å². The number of hydrogen-bond donors (Lipinski definition) is 1. The number of aryl methyl sites for hydroxylation is 1. The first-order chi connectivity index (χ1) is 10.2. The Morgan fingerprint density at radius 2 is 1.67 bits per heavy atom. The number of aromatic nitrogens is 1. The average Bonchev–Trinajstić information content (AvgIpc) is 2.49. The minimum absolute atomic E-state index is 0.0985. The second-order valence-electron chi connectivity index (χ2n) is 5.65. The zero-order valence-corrected chi connectivity index (χ0v) is 12.3. The van der Waals surface area contributed by atoms with Crippen molar-refractivity contribution in [1.82, 2.24) is 4.98 Å². The molecule has 1 heterocycles. The number of nitrogens with zero attached hydrogens (tertiary/aromatic N) is 1. The van der Waals surface area contributed by atoms with Crippen LogP contribution in [0.4, 0.5) is 0 Å². The molecule has 2 aromatic carbocycles. The zero-order valence-electron chi connectivity index (χ0n) is 12.3. The van der Waals surface area contributed by atoms with E-state index in [1.807, 2.05) is 18.2 Å². The lowest BCUT2D eigenvalue weighted by atomic mass is 10.0. The van der Waals surface area contributed by atoms with E-state index in [4.69, 9.17) is 10.7 Å². The summed E-state index contributed by atoms with van der Waals surface area (Å²) in [6, 6.07) is 21.1. The van der Waals surface area contributed by atoms with Crippen LogP contribution in [0.15, 0.2) is 60.7 Å². The minimum Gasteiger partial charge on any atom is -0.327 e. The molecule has 3 aromatic rings. The van der Waals surface area contributed by atoms with Gasteiger partial charge in [-0.2, -0.15) is 0 Å². The molecule has 0 radical (unpaired) electrons. The Labute approximate surface area is 125 Å². The fourth-order valence-corrected chi connectivity index (χ4v) is 2.59. The highest BCUT2D eigenvalue weighted by Gasteiger charge is 2.07. The summed E-state index contributed by atoms with van der Waals surface area (Å²) in [5.41, 5.74) is 10.9. The molecule has 0 aliphatic heterocycles. The van der Waals surface area contributed by atoms with Gasteiger partial charge >= 0.3 is 0 Å². The van der Waals surface area contributed by atoms with E-state index in [0.29, 0.717) is 0 Å². The molecule has 0 aliphatic carbocycles. The molecule has 1 aromatic heterocycles. The quantitative estimate of drug-likeness (QED) is 0.790. The van der Waals surface area contributed by atoms with Crippen LogP contribution >= 0.6 is 0 Å². The molecular weight excluding hydrogens is 256 g/mol. The van der Waals surface area contributed by atoms with E-state index in [2.05, 4.69) is 49.4 Å². The number of para-hydroxylation sites is 1. The number of benzene rings is 2. The molecule has 0 saturated carbocycles. The maximum atomic E-state index is 6.28. The van der Waals surface area contributed by atoms with Crippen molar-refractivity contribution >= 4 is 10.9 Å². The fourth-order valence-electron chi connectivity index (χ4n) is 2.59. The molecule has 106 valence electrons. The van der Waals surface area contributed by atoms with Gasteiger partial charge in [-0.05, 0) is 31.0 Å². The fraction of sp³-hybridized carbons (Fsp3) is 0.211. The van der Waals surface area contributed by atoms with Gasteiger partial charge < -0.3 is 5.73 Å². The van der Waals surface area contributed by atoms with Gasteiger partial charge in [-0.1, -0.05) is 54.1 Å². The van der Waals surface area contributed by atoms with Crippen LogP contribution in [0.1, 0.15) is 16.8 Å². The summed E-state index contributed by atoms with van der Waals surface area (Å²) < 4.78 is 0. The second kappa shape index (κ2) is 6.06. The molecule has 0 spiro atoms. The lowest BCUT2D eigenvalue weighted by Gasteiger charge is -2.12. The molecule has 0 saturated heterocycles. The molecule has 1 atom stereocenters. The Balaban J connectivity index is 1.70. The van der Waals surface area contributed by atoms with Gasteiger partial charge in [0.25, 0.3) is 0 Å². The Hall–Kier alpha value is -2.19. The molecule has 1 unspecified atom stereocenters. The van der Waals surface area contributed by atoms with Crippen LogP contribution in [0.3, 0.4) is 0 Å². The third kappa shape index (κ3) is 3.47. The number of fused-ring (bicyclic) bond motifs is 1. The van der Waals surface area contributed by atoms with Crippen LogP contribution in [0.2, 0.25) is 0 Å². The summed E-state index contributed by atoms with van der Waals surface area (Å²) in [5, 5.41) is 1.17. The first-order valence-electron chi connectivity index (χ1n) is 7.36. The van der Waals surface area contributed by atoms with Crippen LogP contribution < -0.4 is 5.73 Å². The van der Waals surface area contributed by atoms with Gasteiger partial charge in [0.15, 0.2) is 0 Å². The highest BCUT2D eigenvalue weighted by Crippen LogP contribution is 2.13. The number of hydrogen-bond acceptors (Lipinski definition) is 2. The van der Waals surface area contributed by atoms with Crippen LogP contribution in [-0.2, 0) is 12.8 Å². The molecule has 0 bridgehead atoms. The van der Waals surface area contributed by atoms with Crippen molar-refractivity contribution in [3.8, 4) is 0 Å². The maximum absolute atomic E-state index is 6.28. The molecule has 2 heteroatoms. The molecule has 0 aliphatic rings. The van der Waals surface area contributed by atoms with E-state index < -0.39 is 0 Å². The van der Waals surface area contributed by atoms with Gasteiger partial charge in [-0.25, -0.2) is 0 Å².